The van der Waals surface area contributed by atoms with E-state index in [-0.39, 0.29) is 16.3 Å². The van der Waals surface area contributed by atoms with Crippen molar-refractivity contribution in [3.05, 3.63) is 17.0 Å². The maximum Gasteiger partial charge on any atom is 0.237 e. The number of carbonyl (C=O) groups excluding carboxylic acids is 1. The molecule has 1 atom stereocenters. The van der Waals surface area contributed by atoms with E-state index in [1.165, 1.54) is 11.3 Å². The van der Waals surface area contributed by atoms with Crippen LogP contribution in [-0.2, 0) is 18.3 Å². The Morgan fingerprint density at radius 2 is 2.16 bits per heavy atom. The van der Waals surface area contributed by atoms with Gasteiger partial charge in [0.25, 0.3) is 0 Å². The molecule has 1 amide bonds. The van der Waals surface area contributed by atoms with Gasteiger partial charge in [-0.2, -0.15) is 5.10 Å². The molecule has 1 heterocycles. The maximum atomic E-state index is 12.1. The Morgan fingerprint density at radius 1 is 1.53 bits per heavy atom. The number of carbonyl (C=O) groups is 1. The number of rotatable bonds is 4. The van der Waals surface area contributed by atoms with Crippen molar-refractivity contribution in [2.45, 2.75) is 56.8 Å². The van der Waals surface area contributed by atoms with Gasteiger partial charge in [0.2, 0.25) is 5.91 Å². The van der Waals surface area contributed by atoms with Crippen LogP contribution in [0.3, 0.4) is 0 Å². The molecular formula is C14H22BrN3O. The standard InChI is InChI=1S/C14H22BrN3O/c1-9(16-13(19)14(15)6-5-7-14)8-12-10(2)17-18(4)11(12)3/h9H,5-8H2,1-4H3,(H,16,19)/t9-/m0/s1. The fraction of sp³-hybridized carbons (Fsp3) is 0.714. The number of aryl methyl sites for hydroxylation is 2. The molecule has 2 rings (SSSR count). The zero-order valence-electron chi connectivity index (χ0n) is 12.1. The van der Waals surface area contributed by atoms with Crippen LogP contribution in [-0.4, -0.2) is 26.1 Å². The molecule has 0 aromatic carbocycles. The van der Waals surface area contributed by atoms with Gasteiger partial charge in [-0.1, -0.05) is 15.9 Å². The first kappa shape index (κ1) is 14.6. The second-order valence-corrected chi connectivity index (χ2v) is 7.19. The van der Waals surface area contributed by atoms with Gasteiger partial charge in [-0.15, -0.1) is 0 Å². The number of nitrogens with one attached hydrogen (secondary N) is 1. The first-order valence-corrected chi connectivity index (χ1v) is 7.62. The maximum absolute atomic E-state index is 12.1. The highest BCUT2D eigenvalue weighted by atomic mass is 79.9. The van der Waals surface area contributed by atoms with Crippen molar-refractivity contribution in [2.24, 2.45) is 7.05 Å². The zero-order valence-corrected chi connectivity index (χ0v) is 13.7. The van der Waals surface area contributed by atoms with Gasteiger partial charge in [0.05, 0.1) is 5.69 Å². The van der Waals surface area contributed by atoms with Crippen molar-refractivity contribution in [3.63, 3.8) is 0 Å². The van der Waals surface area contributed by atoms with Crippen LogP contribution in [0.15, 0.2) is 0 Å². The minimum atomic E-state index is -0.305. The summed E-state index contributed by atoms with van der Waals surface area (Å²) in [7, 11) is 1.96. The number of nitrogens with zero attached hydrogens (tertiary/aromatic N) is 2. The van der Waals surface area contributed by atoms with Crippen molar-refractivity contribution in [1.29, 1.82) is 0 Å². The van der Waals surface area contributed by atoms with Gasteiger partial charge < -0.3 is 5.32 Å². The van der Waals surface area contributed by atoms with Gasteiger partial charge in [0.1, 0.15) is 4.32 Å². The molecule has 1 N–H and O–H groups in total. The topological polar surface area (TPSA) is 46.9 Å². The van der Waals surface area contributed by atoms with Gasteiger partial charge in [0.15, 0.2) is 0 Å². The molecular weight excluding hydrogens is 306 g/mol. The Morgan fingerprint density at radius 3 is 2.58 bits per heavy atom. The van der Waals surface area contributed by atoms with E-state index in [2.05, 4.69) is 40.2 Å². The molecule has 4 nitrogen and oxygen atoms in total. The van der Waals surface area contributed by atoms with Gasteiger partial charge in [-0.3, -0.25) is 9.48 Å². The predicted octanol–water partition coefficient (Wildman–Crippen LogP) is 2.40. The summed E-state index contributed by atoms with van der Waals surface area (Å²) in [4.78, 5) is 12.1. The van der Waals surface area contributed by atoms with Crippen LogP contribution in [0.1, 0.15) is 43.1 Å². The summed E-state index contributed by atoms with van der Waals surface area (Å²) in [6.07, 6.45) is 3.85. The smallest absolute Gasteiger partial charge is 0.237 e. The molecule has 0 bridgehead atoms. The Hall–Kier alpha value is -0.840. The summed E-state index contributed by atoms with van der Waals surface area (Å²) in [5.41, 5.74) is 3.47. The lowest BCUT2D eigenvalue weighted by Crippen LogP contribution is -2.50. The third-order valence-electron chi connectivity index (χ3n) is 4.10. The van der Waals surface area contributed by atoms with Crippen molar-refractivity contribution in [2.75, 3.05) is 0 Å². The quantitative estimate of drug-likeness (QED) is 0.863. The van der Waals surface area contributed by atoms with Crippen LogP contribution in [0.2, 0.25) is 0 Å². The summed E-state index contributed by atoms with van der Waals surface area (Å²) in [6, 6.07) is 0.129. The molecule has 0 unspecified atom stereocenters. The third-order valence-corrected chi connectivity index (χ3v) is 5.25. The van der Waals surface area contributed by atoms with Crippen molar-refractivity contribution in [1.82, 2.24) is 15.1 Å². The van der Waals surface area contributed by atoms with E-state index in [0.717, 1.165) is 31.4 Å². The molecule has 1 aliphatic rings. The number of aromatic nitrogens is 2. The first-order chi connectivity index (χ1) is 8.83. The van der Waals surface area contributed by atoms with Crippen molar-refractivity contribution < 1.29 is 4.79 Å². The Balaban J connectivity index is 1.97. The van der Waals surface area contributed by atoms with Crippen LogP contribution >= 0.6 is 15.9 Å². The molecule has 1 aromatic heterocycles. The molecule has 1 fully saturated rings. The average Bonchev–Trinajstić information content (AvgIpc) is 2.52. The van der Waals surface area contributed by atoms with E-state index in [0.29, 0.717) is 0 Å². The Kier molecular flexibility index (Phi) is 4.04. The van der Waals surface area contributed by atoms with Crippen LogP contribution in [0.5, 0.6) is 0 Å². The molecule has 106 valence electrons. The average molecular weight is 328 g/mol. The number of amides is 1. The van der Waals surface area contributed by atoms with Gasteiger partial charge >= 0.3 is 0 Å². The first-order valence-electron chi connectivity index (χ1n) is 6.82. The second kappa shape index (κ2) is 5.27. The summed E-state index contributed by atoms with van der Waals surface area (Å²) in [5, 5.41) is 7.53. The molecule has 1 aromatic rings. The van der Waals surface area contributed by atoms with Gasteiger partial charge in [0, 0.05) is 18.8 Å². The summed E-state index contributed by atoms with van der Waals surface area (Å²) >= 11 is 3.55. The highest BCUT2D eigenvalue weighted by molar-refractivity contribution is 9.10. The van der Waals surface area contributed by atoms with Crippen LogP contribution in [0, 0.1) is 13.8 Å². The number of alkyl halides is 1. The van der Waals surface area contributed by atoms with Crippen LogP contribution in [0.25, 0.3) is 0 Å². The highest BCUT2D eigenvalue weighted by Crippen LogP contribution is 2.40. The fourth-order valence-electron chi connectivity index (χ4n) is 2.54. The van der Waals surface area contributed by atoms with Gasteiger partial charge in [-0.05, 0) is 52.0 Å². The van der Waals surface area contributed by atoms with Crippen molar-refractivity contribution in [3.8, 4) is 0 Å². The fourth-order valence-corrected chi connectivity index (χ4v) is 3.21. The van der Waals surface area contributed by atoms with E-state index in [4.69, 9.17) is 0 Å². The Labute approximate surface area is 123 Å². The normalized spacial score (nSPS) is 18.8. The molecule has 0 aliphatic heterocycles. The largest absolute Gasteiger partial charge is 0.352 e. The molecule has 0 spiro atoms. The monoisotopic (exact) mass is 327 g/mol. The lowest BCUT2D eigenvalue weighted by Gasteiger charge is -2.35. The Bertz CT molecular complexity index is 491. The van der Waals surface area contributed by atoms with E-state index >= 15 is 0 Å². The SMILES string of the molecule is Cc1nn(C)c(C)c1C[C@H](C)NC(=O)C1(Br)CCC1. The summed E-state index contributed by atoms with van der Waals surface area (Å²) < 4.78 is 1.59. The summed E-state index contributed by atoms with van der Waals surface area (Å²) in [5.74, 6) is 0.130. The minimum absolute atomic E-state index is 0.129. The van der Waals surface area contributed by atoms with E-state index in [9.17, 15) is 4.79 Å². The van der Waals surface area contributed by atoms with Gasteiger partial charge in [-0.25, -0.2) is 0 Å². The van der Waals surface area contributed by atoms with E-state index < -0.39 is 0 Å². The second-order valence-electron chi connectivity index (χ2n) is 5.67. The lowest BCUT2D eigenvalue weighted by atomic mass is 9.84. The molecule has 1 aliphatic carbocycles. The van der Waals surface area contributed by atoms with Crippen molar-refractivity contribution >= 4 is 21.8 Å². The molecule has 0 radical (unpaired) electrons. The van der Waals surface area contributed by atoms with Crippen LogP contribution in [0.4, 0.5) is 0 Å². The molecule has 1 saturated carbocycles. The highest BCUT2D eigenvalue weighted by Gasteiger charge is 2.41. The lowest BCUT2D eigenvalue weighted by molar-refractivity contribution is -0.125. The number of halogens is 1. The number of hydrogen-bond donors (Lipinski definition) is 1. The predicted molar refractivity (Wildman–Crippen MR) is 79.5 cm³/mol. The third kappa shape index (κ3) is 2.86. The molecule has 19 heavy (non-hydrogen) atoms. The van der Waals surface area contributed by atoms with Crippen LogP contribution < -0.4 is 5.32 Å². The molecule has 0 saturated heterocycles. The van der Waals surface area contributed by atoms with E-state index in [1.54, 1.807) is 0 Å². The molecule has 5 heteroatoms. The number of hydrogen-bond acceptors (Lipinski definition) is 2. The summed E-state index contributed by atoms with van der Waals surface area (Å²) in [6.45, 7) is 6.15. The van der Waals surface area contributed by atoms with E-state index in [1.807, 2.05) is 18.7 Å². The minimum Gasteiger partial charge on any atom is -0.352 e. The zero-order chi connectivity index (χ0) is 14.2.